The van der Waals surface area contributed by atoms with Gasteiger partial charge in [0.1, 0.15) is 17.5 Å². The largest absolute Gasteiger partial charge is 0.481 e. The zero-order valence-corrected chi connectivity index (χ0v) is 16.5. The van der Waals surface area contributed by atoms with Gasteiger partial charge in [-0.05, 0) is 43.7 Å². The van der Waals surface area contributed by atoms with E-state index in [-0.39, 0.29) is 5.92 Å². The zero-order valence-electron chi connectivity index (χ0n) is 16.5. The molecule has 1 aliphatic heterocycles. The van der Waals surface area contributed by atoms with Crippen LogP contribution in [-0.4, -0.2) is 34.1 Å². The van der Waals surface area contributed by atoms with Gasteiger partial charge in [0.25, 0.3) is 0 Å². The maximum Gasteiger partial charge on any atom is 0.306 e. The molecule has 2 N–H and O–H groups in total. The fraction of sp³-hybridized carbons (Fsp3) is 0.476. The Morgan fingerprint density at radius 2 is 1.93 bits per heavy atom. The molecule has 1 aromatic carbocycles. The van der Waals surface area contributed by atoms with Crippen LogP contribution in [0.3, 0.4) is 0 Å². The second-order valence-corrected chi connectivity index (χ2v) is 7.58. The van der Waals surface area contributed by atoms with Crippen molar-refractivity contribution in [1.29, 1.82) is 0 Å². The number of aryl methyl sites for hydroxylation is 2. The third-order valence-corrected chi connectivity index (χ3v) is 5.17. The lowest BCUT2D eigenvalue weighted by Crippen LogP contribution is -2.36. The number of hydrogen-bond donors (Lipinski definition) is 2. The minimum absolute atomic E-state index is 0.248. The molecule has 0 amide bonds. The summed E-state index contributed by atoms with van der Waals surface area (Å²) in [5.74, 6) is 1.79. The average molecular weight is 368 g/mol. The monoisotopic (exact) mass is 368 g/mol. The molecule has 0 saturated carbocycles. The number of piperidine rings is 1. The summed E-state index contributed by atoms with van der Waals surface area (Å²) in [5, 5.41) is 12.7. The highest BCUT2D eigenvalue weighted by Gasteiger charge is 2.25. The van der Waals surface area contributed by atoms with Gasteiger partial charge in [-0.3, -0.25) is 4.79 Å². The van der Waals surface area contributed by atoms with Gasteiger partial charge in [-0.1, -0.05) is 32.0 Å². The van der Waals surface area contributed by atoms with E-state index in [9.17, 15) is 9.90 Å². The van der Waals surface area contributed by atoms with Crippen LogP contribution in [0.15, 0.2) is 24.3 Å². The van der Waals surface area contributed by atoms with E-state index in [0.29, 0.717) is 37.7 Å². The van der Waals surface area contributed by atoms with E-state index in [1.165, 1.54) is 11.1 Å². The molecule has 2 heterocycles. The lowest BCUT2D eigenvalue weighted by Gasteiger charge is -2.31. The highest BCUT2D eigenvalue weighted by atomic mass is 16.4. The van der Waals surface area contributed by atoms with Crippen LogP contribution in [0, 0.1) is 19.8 Å². The fourth-order valence-corrected chi connectivity index (χ4v) is 3.60. The fourth-order valence-electron chi connectivity index (χ4n) is 3.60. The molecule has 3 rings (SSSR count). The van der Waals surface area contributed by atoms with Crippen LogP contribution < -0.4 is 10.2 Å². The molecule has 144 valence electrons. The van der Waals surface area contributed by atoms with Crippen LogP contribution in [0.4, 0.5) is 17.3 Å². The minimum Gasteiger partial charge on any atom is -0.481 e. The molecule has 0 spiro atoms. The van der Waals surface area contributed by atoms with Gasteiger partial charge in [0, 0.05) is 24.8 Å². The maximum atomic E-state index is 11.2. The topological polar surface area (TPSA) is 78.4 Å². The number of rotatable bonds is 5. The Morgan fingerprint density at radius 1 is 1.22 bits per heavy atom. The molecule has 27 heavy (non-hydrogen) atoms. The first kappa shape index (κ1) is 19.1. The first-order valence-electron chi connectivity index (χ1n) is 9.55. The van der Waals surface area contributed by atoms with Crippen molar-refractivity contribution in [1.82, 2.24) is 9.97 Å². The summed E-state index contributed by atoms with van der Waals surface area (Å²) in [6, 6.07) is 8.29. The van der Waals surface area contributed by atoms with Crippen LogP contribution >= 0.6 is 0 Å². The van der Waals surface area contributed by atoms with Crippen molar-refractivity contribution in [3.8, 4) is 0 Å². The van der Waals surface area contributed by atoms with E-state index < -0.39 is 5.97 Å². The Morgan fingerprint density at radius 3 is 2.56 bits per heavy atom. The molecule has 6 heteroatoms. The Balaban J connectivity index is 1.84. The Bertz CT molecular complexity index is 827. The number of carbonyl (C=O) groups is 1. The van der Waals surface area contributed by atoms with E-state index in [1.54, 1.807) is 0 Å². The van der Waals surface area contributed by atoms with Crippen molar-refractivity contribution in [3.63, 3.8) is 0 Å². The van der Waals surface area contributed by atoms with Crippen LogP contribution in [-0.2, 0) is 4.79 Å². The van der Waals surface area contributed by atoms with Gasteiger partial charge in [-0.2, -0.15) is 0 Å². The molecular weight excluding hydrogens is 340 g/mol. The van der Waals surface area contributed by atoms with Gasteiger partial charge < -0.3 is 15.3 Å². The SMILES string of the molecule is Cc1nc(Nc2c(C)cccc2C(C)C)cc(N2CCC(C(=O)O)CC2)n1. The molecule has 1 aliphatic rings. The van der Waals surface area contributed by atoms with Gasteiger partial charge in [0.05, 0.1) is 5.92 Å². The molecule has 2 aromatic rings. The third kappa shape index (κ3) is 4.38. The quantitative estimate of drug-likeness (QED) is 0.821. The number of carboxylic acids is 1. The minimum atomic E-state index is -0.698. The molecule has 0 bridgehead atoms. The number of benzene rings is 1. The number of nitrogens with one attached hydrogen (secondary N) is 1. The van der Waals surface area contributed by atoms with Crippen LogP contribution in [0.2, 0.25) is 0 Å². The Kier molecular flexibility index (Phi) is 5.63. The third-order valence-electron chi connectivity index (χ3n) is 5.17. The molecular formula is C21H28N4O2. The predicted molar refractivity (Wildman–Crippen MR) is 108 cm³/mol. The normalized spacial score (nSPS) is 15.2. The van der Waals surface area contributed by atoms with Crippen molar-refractivity contribution in [3.05, 3.63) is 41.2 Å². The van der Waals surface area contributed by atoms with E-state index >= 15 is 0 Å². The molecule has 6 nitrogen and oxygen atoms in total. The molecule has 0 atom stereocenters. The van der Waals surface area contributed by atoms with Crippen molar-refractivity contribution >= 4 is 23.3 Å². The number of hydrogen-bond acceptors (Lipinski definition) is 5. The summed E-state index contributed by atoms with van der Waals surface area (Å²) >= 11 is 0. The summed E-state index contributed by atoms with van der Waals surface area (Å²) < 4.78 is 0. The Hall–Kier alpha value is -2.63. The smallest absolute Gasteiger partial charge is 0.306 e. The van der Waals surface area contributed by atoms with Crippen LogP contribution in [0.5, 0.6) is 0 Å². The molecule has 1 fully saturated rings. The Labute approximate surface area is 160 Å². The molecule has 1 aromatic heterocycles. The van der Waals surface area contributed by atoms with E-state index in [1.807, 2.05) is 13.0 Å². The zero-order chi connectivity index (χ0) is 19.6. The van der Waals surface area contributed by atoms with Crippen molar-refractivity contribution in [2.45, 2.75) is 46.5 Å². The van der Waals surface area contributed by atoms with Gasteiger partial charge in [-0.25, -0.2) is 9.97 Å². The number of anilines is 3. The van der Waals surface area contributed by atoms with Crippen LogP contribution in [0.1, 0.15) is 49.6 Å². The lowest BCUT2D eigenvalue weighted by atomic mass is 9.97. The van der Waals surface area contributed by atoms with Gasteiger partial charge >= 0.3 is 5.97 Å². The molecule has 0 radical (unpaired) electrons. The molecule has 1 saturated heterocycles. The number of nitrogens with zero attached hydrogens (tertiary/aromatic N) is 3. The van der Waals surface area contributed by atoms with Gasteiger partial charge in [0.15, 0.2) is 0 Å². The standard InChI is InChI=1S/C21H28N4O2/c1-13(2)17-7-5-6-14(3)20(17)24-18-12-19(23-15(4)22-18)25-10-8-16(9-11-25)21(26)27/h5-7,12-13,16H,8-11H2,1-4H3,(H,26,27)(H,22,23,24). The van der Waals surface area contributed by atoms with Crippen molar-refractivity contribution in [2.75, 3.05) is 23.3 Å². The number of aliphatic carboxylic acids is 1. The van der Waals surface area contributed by atoms with Gasteiger partial charge in [-0.15, -0.1) is 0 Å². The average Bonchev–Trinajstić information content (AvgIpc) is 2.63. The van der Waals surface area contributed by atoms with Crippen molar-refractivity contribution < 1.29 is 9.90 Å². The van der Waals surface area contributed by atoms with Crippen molar-refractivity contribution in [2.24, 2.45) is 5.92 Å². The number of para-hydroxylation sites is 1. The van der Waals surface area contributed by atoms with E-state index in [2.05, 4.69) is 59.2 Å². The number of aromatic nitrogens is 2. The lowest BCUT2D eigenvalue weighted by molar-refractivity contribution is -0.142. The summed E-state index contributed by atoms with van der Waals surface area (Å²) in [7, 11) is 0. The van der Waals surface area contributed by atoms with E-state index in [4.69, 9.17) is 0 Å². The van der Waals surface area contributed by atoms with Gasteiger partial charge in [0.2, 0.25) is 0 Å². The number of carboxylic acid groups (broad SMARTS) is 1. The van der Waals surface area contributed by atoms with Crippen LogP contribution in [0.25, 0.3) is 0 Å². The second kappa shape index (κ2) is 7.94. The first-order chi connectivity index (χ1) is 12.8. The van der Waals surface area contributed by atoms with E-state index in [0.717, 1.165) is 17.3 Å². The maximum absolute atomic E-state index is 11.2. The highest BCUT2D eigenvalue weighted by Crippen LogP contribution is 2.31. The first-order valence-corrected chi connectivity index (χ1v) is 9.55. The summed E-state index contributed by atoms with van der Waals surface area (Å²) in [5.41, 5.74) is 3.54. The highest BCUT2D eigenvalue weighted by molar-refractivity contribution is 5.70. The summed E-state index contributed by atoms with van der Waals surface area (Å²) in [6.07, 6.45) is 1.30. The summed E-state index contributed by atoms with van der Waals surface area (Å²) in [4.78, 5) is 22.5. The summed E-state index contributed by atoms with van der Waals surface area (Å²) in [6.45, 7) is 9.76. The molecule has 0 unspecified atom stereocenters. The predicted octanol–water partition coefficient (Wildman–Crippen LogP) is 4.26. The molecule has 0 aliphatic carbocycles. The second-order valence-electron chi connectivity index (χ2n) is 7.58.